The van der Waals surface area contributed by atoms with Crippen LogP contribution in [0.2, 0.25) is 0 Å². The van der Waals surface area contributed by atoms with Crippen molar-refractivity contribution < 1.29 is 26.9 Å². The first kappa shape index (κ1) is 19.0. The number of carbonyl (C=O) groups is 1. The van der Waals surface area contributed by atoms with Crippen molar-refractivity contribution in [3.63, 3.8) is 0 Å². The van der Waals surface area contributed by atoms with Gasteiger partial charge in [-0.3, -0.25) is 8.98 Å². The van der Waals surface area contributed by atoms with Crippen LogP contribution in [0.25, 0.3) is 0 Å². The Kier molecular flexibility index (Phi) is 6.97. The van der Waals surface area contributed by atoms with E-state index >= 15 is 0 Å². The van der Waals surface area contributed by atoms with Gasteiger partial charge in [-0.25, -0.2) is 0 Å². The van der Waals surface area contributed by atoms with Gasteiger partial charge >= 0.3 is 5.97 Å². The van der Waals surface area contributed by atoms with E-state index in [0.29, 0.717) is 11.3 Å². The highest BCUT2D eigenvalue weighted by Crippen LogP contribution is 2.13. The van der Waals surface area contributed by atoms with E-state index in [0.717, 1.165) is 0 Å². The van der Waals surface area contributed by atoms with Crippen LogP contribution in [0.3, 0.4) is 0 Å². The Balaban J connectivity index is 1.96. The van der Waals surface area contributed by atoms with Crippen LogP contribution in [-0.2, 0) is 29.6 Å². The van der Waals surface area contributed by atoms with Gasteiger partial charge < -0.3 is 9.47 Å². The molecule has 0 aromatic heterocycles. The van der Waals surface area contributed by atoms with Crippen LogP contribution < -0.4 is 4.74 Å². The monoisotopic (exact) mass is 364 g/mol. The van der Waals surface area contributed by atoms with E-state index in [4.69, 9.17) is 13.7 Å². The molecule has 0 aliphatic carbocycles. The summed E-state index contributed by atoms with van der Waals surface area (Å²) in [6.45, 7) is 0.912. The SMILES string of the molecule is CC(=O)OCC(COS(=O)(=O)Cc1ccccc1)Oc1ccccc1. The van der Waals surface area contributed by atoms with Crippen LogP contribution in [0.15, 0.2) is 60.7 Å². The average Bonchev–Trinajstić information content (AvgIpc) is 2.58. The summed E-state index contributed by atoms with van der Waals surface area (Å²) < 4.78 is 39.8. The predicted octanol–water partition coefficient (Wildman–Crippen LogP) is 2.54. The average molecular weight is 364 g/mol. The maximum atomic E-state index is 12.1. The molecule has 0 aliphatic heterocycles. The lowest BCUT2D eigenvalue weighted by atomic mass is 10.2. The van der Waals surface area contributed by atoms with E-state index in [1.54, 1.807) is 54.6 Å². The minimum atomic E-state index is -3.78. The standard InChI is InChI=1S/C18H20O6S/c1-15(19)22-12-18(24-17-10-6-3-7-11-17)13-23-25(20,21)14-16-8-4-2-5-9-16/h2-11,18H,12-14H2,1H3. The minimum Gasteiger partial charge on any atom is -0.484 e. The first-order valence-electron chi connectivity index (χ1n) is 7.71. The molecule has 7 heteroatoms. The summed E-state index contributed by atoms with van der Waals surface area (Å²) in [5, 5.41) is 0. The molecule has 1 atom stereocenters. The quantitative estimate of drug-likeness (QED) is 0.503. The first-order chi connectivity index (χ1) is 11.9. The van der Waals surface area contributed by atoms with E-state index in [2.05, 4.69) is 0 Å². The fourth-order valence-corrected chi connectivity index (χ4v) is 3.06. The molecule has 0 aliphatic rings. The molecular formula is C18H20O6S. The zero-order valence-corrected chi connectivity index (χ0v) is 14.6. The van der Waals surface area contributed by atoms with Crippen LogP contribution in [0.4, 0.5) is 0 Å². The topological polar surface area (TPSA) is 78.9 Å². The molecule has 0 bridgehead atoms. The van der Waals surface area contributed by atoms with Gasteiger partial charge in [-0.05, 0) is 17.7 Å². The number of rotatable bonds is 9. The predicted molar refractivity (Wildman–Crippen MR) is 92.5 cm³/mol. The van der Waals surface area contributed by atoms with Crippen molar-refractivity contribution in [1.29, 1.82) is 0 Å². The van der Waals surface area contributed by atoms with Gasteiger partial charge in [-0.15, -0.1) is 0 Å². The number of para-hydroxylation sites is 1. The molecule has 0 N–H and O–H groups in total. The van der Waals surface area contributed by atoms with Gasteiger partial charge in [0.1, 0.15) is 24.7 Å². The largest absolute Gasteiger partial charge is 0.484 e. The third-order valence-electron chi connectivity index (χ3n) is 3.14. The summed E-state index contributed by atoms with van der Waals surface area (Å²) in [7, 11) is -3.78. The van der Waals surface area contributed by atoms with Crippen LogP contribution in [0, 0.1) is 0 Å². The smallest absolute Gasteiger partial charge is 0.302 e. The Hall–Kier alpha value is -2.38. The molecule has 0 spiro atoms. The summed E-state index contributed by atoms with van der Waals surface area (Å²) >= 11 is 0. The van der Waals surface area contributed by atoms with Gasteiger partial charge in [0.15, 0.2) is 6.10 Å². The summed E-state index contributed by atoms with van der Waals surface area (Å²) in [5.74, 6) is -0.183. The van der Waals surface area contributed by atoms with Crippen molar-refractivity contribution in [3.05, 3.63) is 66.2 Å². The number of esters is 1. The highest BCUT2D eigenvalue weighted by atomic mass is 32.2. The fourth-order valence-electron chi connectivity index (χ4n) is 2.02. The zero-order chi connectivity index (χ0) is 18.1. The van der Waals surface area contributed by atoms with Crippen LogP contribution in [0.5, 0.6) is 5.75 Å². The third kappa shape index (κ3) is 7.36. The second-order valence-corrected chi connectivity index (χ2v) is 6.97. The van der Waals surface area contributed by atoms with Gasteiger partial charge in [0.2, 0.25) is 0 Å². The third-order valence-corrected chi connectivity index (χ3v) is 4.32. The van der Waals surface area contributed by atoms with Crippen molar-refractivity contribution in [3.8, 4) is 5.75 Å². The van der Waals surface area contributed by atoms with E-state index in [1.165, 1.54) is 6.92 Å². The molecule has 2 aromatic carbocycles. The molecule has 25 heavy (non-hydrogen) atoms. The van der Waals surface area contributed by atoms with Crippen molar-refractivity contribution >= 4 is 16.1 Å². The van der Waals surface area contributed by atoms with Gasteiger partial charge in [0.25, 0.3) is 10.1 Å². The maximum Gasteiger partial charge on any atom is 0.302 e. The Morgan fingerprint density at radius 1 is 0.960 bits per heavy atom. The van der Waals surface area contributed by atoms with Gasteiger partial charge in [0, 0.05) is 6.92 Å². The molecular weight excluding hydrogens is 344 g/mol. The van der Waals surface area contributed by atoms with Gasteiger partial charge in [0.05, 0.1) is 0 Å². The highest BCUT2D eigenvalue weighted by molar-refractivity contribution is 7.85. The van der Waals surface area contributed by atoms with E-state index < -0.39 is 22.2 Å². The fraction of sp³-hybridized carbons (Fsp3) is 0.278. The molecule has 0 saturated heterocycles. The van der Waals surface area contributed by atoms with Crippen molar-refractivity contribution in [2.75, 3.05) is 13.2 Å². The summed E-state index contributed by atoms with van der Waals surface area (Å²) in [5.41, 5.74) is 0.628. The Bertz CT molecular complexity index is 759. The summed E-state index contributed by atoms with van der Waals surface area (Å²) in [4.78, 5) is 11.0. The number of ether oxygens (including phenoxy) is 2. The lowest BCUT2D eigenvalue weighted by molar-refractivity contribution is -0.143. The lowest BCUT2D eigenvalue weighted by Gasteiger charge is -2.18. The Morgan fingerprint density at radius 3 is 2.16 bits per heavy atom. The van der Waals surface area contributed by atoms with Gasteiger partial charge in [-0.1, -0.05) is 48.5 Å². The molecule has 2 aromatic rings. The normalized spacial score (nSPS) is 12.4. The Labute approximate surface area is 147 Å². The highest BCUT2D eigenvalue weighted by Gasteiger charge is 2.19. The molecule has 134 valence electrons. The van der Waals surface area contributed by atoms with Crippen LogP contribution in [0.1, 0.15) is 12.5 Å². The maximum absolute atomic E-state index is 12.1. The lowest BCUT2D eigenvalue weighted by Crippen LogP contribution is -2.31. The van der Waals surface area contributed by atoms with E-state index in [9.17, 15) is 13.2 Å². The van der Waals surface area contributed by atoms with E-state index in [-0.39, 0.29) is 19.0 Å². The number of carbonyl (C=O) groups excluding carboxylic acids is 1. The van der Waals surface area contributed by atoms with Crippen molar-refractivity contribution in [2.24, 2.45) is 0 Å². The van der Waals surface area contributed by atoms with Crippen LogP contribution in [-0.4, -0.2) is 33.7 Å². The second-order valence-electron chi connectivity index (χ2n) is 5.33. The number of hydrogen-bond acceptors (Lipinski definition) is 6. The molecule has 2 rings (SSSR count). The second kappa shape index (κ2) is 9.19. The number of benzene rings is 2. The van der Waals surface area contributed by atoms with Crippen molar-refractivity contribution in [2.45, 2.75) is 18.8 Å². The first-order valence-corrected chi connectivity index (χ1v) is 9.28. The number of hydrogen-bond donors (Lipinski definition) is 0. The molecule has 0 radical (unpaired) electrons. The van der Waals surface area contributed by atoms with Crippen molar-refractivity contribution in [1.82, 2.24) is 0 Å². The molecule has 0 heterocycles. The molecule has 6 nitrogen and oxygen atoms in total. The summed E-state index contributed by atoms with van der Waals surface area (Å²) in [6.07, 6.45) is -0.739. The minimum absolute atomic E-state index is 0.106. The van der Waals surface area contributed by atoms with Crippen LogP contribution >= 0.6 is 0 Å². The molecule has 0 fully saturated rings. The summed E-state index contributed by atoms with van der Waals surface area (Å²) in [6, 6.07) is 17.6. The zero-order valence-electron chi connectivity index (χ0n) is 13.8. The van der Waals surface area contributed by atoms with Gasteiger partial charge in [-0.2, -0.15) is 8.42 Å². The molecule has 1 unspecified atom stereocenters. The van der Waals surface area contributed by atoms with E-state index in [1.807, 2.05) is 6.07 Å². The Morgan fingerprint density at radius 2 is 1.56 bits per heavy atom. The molecule has 0 saturated carbocycles. The molecule has 0 amide bonds.